The molecule has 0 heterocycles. The Morgan fingerprint density at radius 3 is 2.18 bits per heavy atom. The summed E-state index contributed by atoms with van der Waals surface area (Å²) in [5.41, 5.74) is 0.0986. The first-order chi connectivity index (χ1) is 17.6. The summed E-state index contributed by atoms with van der Waals surface area (Å²) in [6.07, 6.45) is 12.4. The van der Waals surface area contributed by atoms with Crippen LogP contribution < -0.4 is 5.32 Å². The summed E-state index contributed by atoms with van der Waals surface area (Å²) >= 11 is 0. The maximum absolute atomic E-state index is 12.2. The van der Waals surface area contributed by atoms with E-state index in [9.17, 15) is 14.4 Å². The Morgan fingerprint density at radius 2 is 1.58 bits per heavy atom. The van der Waals surface area contributed by atoms with E-state index in [1.807, 2.05) is 25.9 Å². The maximum atomic E-state index is 12.2. The number of amides is 1. The normalized spacial score (nSPS) is 38.2. The molecule has 4 fully saturated rings. The minimum Gasteiger partial charge on any atom is -0.481 e. The lowest BCUT2D eigenvalue weighted by Gasteiger charge is -2.61. The van der Waals surface area contributed by atoms with E-state index in [2.05, 4.69) is 26.1 Å². The highest BCUT2D eigenvalue weighted by Gasteiger charge is 2.60. The van der Waals surface area contributed by atoms with Gasteiger partial charge < -0.3 is 15.3 Å². The van der Waals surface area contributed by atoms with Crippen molar-refractivity contribution in [2.24, 2.45) is 51.8 Å². The van der Waals surface area contributed by atoms with E-state index in [1.165, 1.54) is 57.8 Å². The van der Waals surface area contributed by atoms with Crippen molar-refractivity contribution in [1.29, 1.82) is 0 Å². The van der Waals surface area contributed by atoms with Crippen molar-refractivity contribution in [3.05, 3.63) is 0 Å². The molecule has 4 aliphatic rings. The minimum absolute atomic E-state index is 0.152. The van der Waals surface area contributed by atoms with Crippen LogP contribution in [0.3, 0.4) is 0 Å². The topological polar surface area (TPSA) is 86.7 Å². The third kappa shape index (κ3) is 6.47. The highest BCUT2D eigenvalue weighted by atomic mass is 16.4. The summed E-state index contributed by atoms with van der Waals surface area (Å²) in [5, 5.41) is 11.3. The number of carbonyl (C=O) groups excluding carboxylic acids is 2. The second kappa shape index (κ2) is 12.0. The molecule has 4 aliphatic carbocycles. The van der Waals surface area contributed by atoms with Gasteiger partial charge in [0.25, 0.3) is 0 Å². The molecule has 0 spiro atoms. The van der Waals surface area contributed by atoms with Gasteiger partial charge in [0.2, 0.25) is 5.91 Å². The van der Waals surface area contributed by atoms with Gasteiger partial charge in [0.1, 0.15) is 5.78 Å². The predicted molar refractivity (Wildman–Crippen MR) is 153 cm³/mol. The third-order valence-electron chi connectivity index (χ3n) is 11.5. The van der Waals surface area contributed by atoms with E-state index in [0.29, 0.717) is 29.1 Å². The van der Waals surface area contributed by atoms with Crippen LogP contribution in [0.1, 0.15) is 106 Å². The number of hydrogen-bond acceptors (Lipinski definition) is 4. The van der Waals surface area contributed by atoms with Gasteiger partial charge in [-0.1, -0.05) is 41.0 Å². The molecule has 0 aromatic heterocycles. The Morgan fingerprint density at radius 1 is 0.947 bits per heavy atom. The SMILES string of the molecule is CC(=O)C1CCC2C3CCC4CC(C)CCC4(C)C3CCC12C.CN(C)CCNC(=O)C(C)(C)CC(=O)O. The zero-order valence-corrected chi connectivity index (χ0v) is 25.6. The highest BCUT2D eigenvalue weighted by molar-refractivity contribution is 5.86. The van der Waals surface area contributed by atoms with Gasteiger partial charge in [-0.25, -0.2) is 0 Å². The van der Waals surface area contributed by atoms with Crippen LogP contribution in [0.4, 0.5) is 0 Å². The Bertz CT molecular complexity index is 870. The molecule has 0 saturated heterocycles. The largest absolute Gasteiger partial charge is 0.481 e. The van der Waals surface area contributed by atoms with Gasteiger partial charge in [0, 0.05) is 19.0 Å². The fraction of sp³-hybridized carbons (Fsp3) is 0.906. The third-order valence-corrected chi connectivity index (χ3v) is 11.5. The van der Waals surface area contributed by atoms with Gasteiger partial charge in [0.05, 0.1) is 11.8 Å². The van der Waals surface area contributed by atoms with Gasteiger partial charge in [-0.3, -0.25) is 14.4 Å². The lowest BCUT2D eigenvalue weighted by Crippen LogP contribution is -2.53. The van der Waals surface area contributed by atoms with Gasteiger partial charge in [-0.05, 0) is 113 Å². The molecule has 6 nitrogen and oxygen atoms in total. The number of Topliss-reactive ketones (excluding diaryl/α,β-unsaturated/α-hetero) is 1. The van der Waals surface area contributed by atoms with Crippen molar-refractivity contribution in [1.82, 2.24) is 10.2 Å². The van der Waals surface area contributed by atoms with Crippen molar-refractivity contribution < 1.29 is 19.5 Å². The summed E-state index contributed by atoms with van der Waals surface area (Å²) in [4.78, 5) is 36.2. The number of carboxylic acid groups (broad SMARTS) is 1. The summed E-state index contributed by atoms with van der Waals surface area (Å²) in [6, 6.07) is 0. The first kappa shape index (κ1) is 31.1. The van der Waals surface area contributed by atoms with Crippen molar-refractivity contribution in [3.63, 3.8) is 0 Å². The zero-order valence-electron chi connectivity index (χ0n) is 25.6. The molecule has 0 aromatic carbocycles. The van der Waals surface area contributed by atoms with Crippen molar-refractivity contribution in [2.75, 3.05) is 27.2 Å². The van der Waals surface area contributed by atoms with Crippen LogP contribution in [0.25, 0.3) is 0 Å². The van der Waals surface area contributed by atoms with Gasteiger partial charge in [0.15, 0.2) is 0 Å². The van der Waals surface area contributed by atoms with E-state index in [1.54, 1.807) is 13.8 Å². The number of aliphatic carboxylic acids is 1. The molecule has 4 rings (SSSR count). The molecule has 0 aromatic rings. The second-order valence-corrected chi connectivity index (χ2v) is 14.8. The zero-order chi connectivity index (χ0) is 28.5. The van der Waals surface area contributed by atoms with E-state index in [0.717, 1.165) is 36.1 Å². The fourth-order valence-corrected chi connectivity index (χ4v) is 9.23. The average Bonchev–Trinajstić information content (AvgIpc) is 3.16. The van der Waals surface area contributed by atoms with Crippen LogP contribution in [0, 0.1) is 51.8 Å². The summed E-state index contributed by atoms with van der Waals surface area (Å²) in [5.74, 6) is 4.33. The number of likely N-dealkylation sites (N-methyl/N-ethyl adjacent to an activating group) is 1. The number of fused-ring (bicyclic) bond motifs is 5. The molecule has 6 heteroatoms. The van der Waals surface area contributed by atoms with Gasteiger partial charge in [-0.2, -0.15) is 0 Å². The smallest absolute Gasteiger partial charge is 0.304 e. The number of nitrogens with one attached hydrogen (secondary N) is 1. The molecule has 0 bridgehead atoms. The lowest BCUT2D eigenvalue weighted by molar-refractivity contribution is -0.144. The molecule has 2 N–H and O–H groups in total. The second-order valence-electron chi connectivity index (χ2n) is 14.8. The van der Waals surface area contributed by atoms with E-state index >= 15 is 0 Å². The molecule has 0 aliphatic heterocycles. The summed E-state index contributed by atoms with van der Waals surface area (Å²) in [7, 11) is 3.82. The monoisotopic (exact) mass is 532 g/mol. The highest BCUT2D eigenvalue weighted by Crippen LogP contribution is 2.67. The Balaban J connectivity index is 0.000000234. The Kier molecular flexibility index (Phi) is 9.80. The number of carboxylic acids is 1. The molecule has 0 radical (unpaired) electrons. The van der Waals surface area contributed by atoms with E-state index < -0.39 is 11.4 Å². The van der Waals surface area contributed by atoms with Gasteiger partial charge >= 0.3 is 5.97 Å². The number of nitrogens with zero attached hydrogens (tertiary/aromatic N) is 1. The van der Waals surface area contributed by atoms with Crippen LogP contribution in [-0.2, 0) is 14.4 Å². The van der Waals surface area contributed by atoms with E-state index in [4.69, 9.17) is 5.11 Å². The van der Waals surface area contributed by atoms with Crippen LogP contribution in [0.15, 0.2) is 0 Å². The molecule has 8 unspecified atom stereocenters. The maximum Gasteiger partial charge on any atom is 0.304 e. The first-order valence-corrected chi connectivity index (χ1v) is 15.3. The predicted octanol–water partition coefficient (Wildman–Crippen LogP) is 6.04. The summed E-state index contributed by atoms with van der Waals surface area (Å²) in [6.45, 7) is 14.0. The molecule has 1 amide bonds. The van der Waals surface area contributed by atoms with Crippen LogP contribution in [0.5, 0.6) is 0 Å². The number of rotatable bonds is 7. The van der Waals surface area contributed by atoms with Crippen LogP contribution >= 0.6 is 0 Å². The number of ketones is 1. The molecule has 218 valence electrons. The number of carbonyl (C=O) groups is 3. The summed E-state index contributed by atoms with van der Waals surface area (Å²) < 4.78 is 0. The van der Waals surface area contributed by atoms with Crippen molar-refractivity contribution in [2.45, 2.75) is 106 Å². The van der Waals surface area contributed by atoms with E-state index in [-0.39, 0.29) is 12.3 Å². The van der Waals surface area contributed by atoms with Crippen molar-refractivity contribution >= 4 is 17.7 Å². The van der Waals surface area contributed by atoms with Gasteiger partial charge in [-0.15, -0.1) is 0 Å². The number of hydrogen-bond donors (Lipinski definition) is 2. The minimum atomic E-state index is -0.956. The average molecular weight is 533 g/mol. The molecule has 4 saturated carbocycles. The first-order valence-electron chi connectivity index (χ1n) is 15.3. The standard InChI is InChI=1S/C22H36O.C10H20N2O3/c1-14-9-11-21(3)16(13-14)5-6-17-19-8-7-18(15(2)23)22(19,4)12-10-20(17)21;1-10(2,7-8(13)14)9(15)11-5-6-12(3)4/h14,16-20H,5-13H2,1-4H3;5-7H2,1-4H3,(H,11,15)(H,13,14). The van der Waals surface area contributed by atoms with Crippen LogP contribution in [0.2, 0.25) is 0 Å². The van der Waals surface area contributed by atoms with Crippen molar-refractivity contribution in [3.8, 4) is 0 Å². The lowest BCUT2D eigenvalue weighted by atomic mass is 9.44. The molecular weight excluding hydrogens is 476 g/mol. The fourth-order valence-electron chi connectivity index (χ4n) is 9.23. The quantitative estimate of drug-likeness (QED) is 0.418. The Labute approximate surface area is 232 Å². The van der Waals surface area contributed by atoms with Crippen LogP contribution in [-0.4, -0.2) is 54.9 Å². The molecular formula is C32H56N2O4. The molecule has 8 atom stereocenters. The Hall–Kier alpha value is -1.43. The molecule has 38 heavy (non-hydrogen) atoms.